The Morgan fingerprint density at radius 1 is 1.40 bits per heavy atom. The van der Waals surface area contributed by atoms with Gasteiger partial charge < -0.3 is 9.84 Å². The smallest absolute Gasteiger partial charge is 0.306 e. The van der Waals surface area contributed by atoms with Crippen LogP contribution in [0.15, 0.2) is 24.3 Å². The highest BCUT2D eigenvalue weighted by atomic mass is 19.1. The maximum Gasteiger partial charge on any atom is 0.306 e. The number of rotatable bonds is 2. The third kappa shape index (κ3) is 1.99. The number of aliphatic hydroxyl groups is 1. The molecule has 1 aliphatic rings. The van der Waals surface area contributed by atoms with Crippen LogP contribution in [-0.2, 0) is 9.53 Å². The normalized spacial score (nSPS) is 25.3. The van der Waals surface area contributed by atoms with Crippen LogP contribution in [0.4, 0.5) is 4.39 Å². The number of aliphatic hydroxyl groups excluding tert-OH is 1. The zero-order chi connectivity index (χ0) is 10.8. The molecule has 0 spiro atoms. The van der Waals surface area contributed by atoms with Gasteiger partial charge in [-0.2, -0.15) is 0 Å². The third-order valence-corrected chi connectivity index (χ3v) is 2.60. The molecule has 15 heavy (non-hydrogen) atoms. The van der Waals surface area contributed by atoms with Crippen molar-refractivity contribution < 1.29 is 19.0 Å². The quantitative estimate of drug-likeness (QED) is 0.746. The average molecular weight is 210 g/mol. The standard InChI is InChI=1S/C11H11FO3/c12-8-3-1-7(2-4-8)9-5-11(14)15-10(9)6-13/h1-4,9-10,13H,5-6H2/t9-,10+/m1/s1. The van der Waals surface area contributed by atoms with E-state index in [9.17, 15) is 9.18 Å². The summed E-state index contributed by atoms with van der Waals surface area (Å²) in [7, 11) is 0. The second-order valence-electron chi connectivity index (χ2n) is 3.57. The van der Waals surface area contributed by atoms with E-state index in [1.165, 1.54) is 12.1 Å². The Morgan fingerprint density at radius 3 is 2.67 bits per heavy atom. The zero-order valence-electron chi connectivity index (χ0n) is 8.02. The van der Waals surface area contributed by atoms with Crippen LogP contribution in [0.25, 0.3) is 0 Å². The predicted octanol–water partition coefficient (Wildman–Crippen LogP) is 1.22. The van der Waals surface area contributed by atoms with Crippen molar-refractivity contribution in [3.63, 3.8) is 0 Å². The molecular formula is C11H11FO3. The van der Waals surface area contributed by atoms with E-state index in [4.69, 9.17) is 9.84 Å². The van der Waals surface area contributed by atoms with E-state index in [0.717, 1.165) is 5.56 Å². The number of halogens is 1. The molecule has 4 heteroatoms. The second kappa shape index (κ2) is 3.98. The first-order valence-electron chi connectivity index (χ1n) is 4.76. The van der Waals surface area contributed by atoms with Gasteiger partial charge in [0.2, 0.25) is 0 Å². The van der Waals surface area contributed by atoms with Crippen LogP contribution in [0.5, 0.6) is 0 Å². The highest BCUT2D eigenvalue weighted by Gasteiger charge is 2.35. The van der Waals surface area contributed by atoms with Gasteiger partial charge in [0.15, 0.2) is 0 Å². The topological polar surface area (TPSA) is 46.5 Å². The molecule has 0 unspecified atom stereocenters. The number of carbonyl (C=O) groups is 1. The van der Waals surface area contributed by atoms with Crippen LogP contribution in [-0.4, -0.2) is 23.8 Å². The number of hydrogen-bond acceptors (Lipinski definition) is 3. The summed E-state index contributed by atoms with van der Waals surface area (Å²) >= 11 is 0. The summed E-state index contributed by atoms with van der Waals surface area (Å²) < 4.78 is 17.6. The molecule has 2 atom stereocenters. The van der Waals surface area contributed by atoms with Crippen LogP contribution in [0, 0.1) is 5.82 Å². The van der Waals surface area contributed by atoms with Crippen LogP contribution >= 0.6 is 0 Å². The van der Waals surface area contributed by atoms with E-state index in [-0.39, 0.29) is 30.7 Å². The SMILES string of the molecule is O=C1C[C@H](c2ccc(F)cc2)[C@H](CO)O1. The van der Waals surface area contributed by atoms with Gasteiger partial charge in [-0.1, -0.05) is 12.1 Å². The highest BCUT2D eigenvalue weighted by molar-refractivity contribution is 5.73. The molecule has 1 aliphatic heterocycles. The van der Waals surface area contributed by atoms with E-state index in [1.54, 1.807) is 12.1 Å². The second-order valence-corrected chi connectivity index (χ2v) is 3.57. The minimum Gasteiger partial charge on any atom is -0.459 e. The number of benzene rings is 1. The molecular weight excluding hydrogens is 199 g/mol. The lowest BCUT2D eigenvalue weighted by Crippen LogP contribution is -2.18. The summed E-state index contributed by atoms with van der Waals surface area (Å²) in [4.78, 5) is 11.1. The van der Waals surface area contributed by atoms with Crippen molar-refractivity contribution in [1.82, 2.24) is 0 Å². The third-order valence-electron chi connectivity index (χ3n) is 2.60. The molecule has 0 radical (unpaired) electrons. The van der Waals surface area contributed by atoms with Gasteiger partial charge in [-0.25, -0.2) is 4.39 Å². The summed E-state index contributed by atoms with van der Waals surface area (Å²) in [5, 5.41) is 9.02. The van der Waals surface area contributed by atoms with E-state index < -0.39 is 6.10 Å². The first kappa shape index (κ1) is 10.1. The summed E-state index contributed by atoms with van der Waals surface area (Å²) in [5.74, 6) is -0.795. The van der Waals surface area contributed by atoms with Crippen molar-refractivity contribution in [3.8, 4) is 0 Å². The van der Waals surface area contributed by atoms with Crippen molar-refractivity contribution in [2.45, 2.75) is 18.4 Å². The molecule has 1 N–H and O–H groups in total. The van der Waals surface area contributed by atoms with Gasteiger partial charge in [0.25, 0.3) is 0 Å². The lowest BCUT2D eigenvalue weighted by molar-refractivity contribution is -0.142. The van der Waals surface area contributed by atoms with Crippen molar-refractivity contribution in [2.75, 3.05) is 6.61 Å². The number of hydrogen-bond donors (Lipinski definition) is 1. The maximum absolute atomic E-state index is 12.7. The molecule has 3 nitrogen and oxygen atoms in total. The predicted molar refractivity (Wildman–Crippen MR) is 50.7 cm³/mol. The molecule has 1 fully saturated rings. The molecule has 0 amide bonds. The number of cyclic esters (lactones) is 1. The maximum atomic E-state index is 12.7. The van der Waals surface area contributed by atoms with Gasteiger partial charge >= 0.3 is 5.97 Å². The van der Waals surface area contributed by atoms with Crippen LogP contribution in [0.3, 0.4) is 0 Å². The fourth-order valence-corrected chi connectivity index (χ4v) is 1.82. The Bertz CT molecular complexity index is 361. The summed E-state index contributed by atoms with van der Waals surface area (Å²) in [5.41, 5.74) is 0.821. The van der Waals surface area contributed by atoms with E-state index in [0.29, 0.717) is 0 Å². The van der Waals surface area contributed by atoms with Gasteiger partial charge in [0, 0.05) is 5.92 Å². The van der Waals surface area contributed by atoms with Crippen LogP contribution in [0.2, 0.25) is 0 Å². The van der Waals surface area contributed by atoms with Gasteiger partial charge in [-0.15, -0.1) is 0 Å². The minimum atomic E-state index is -0.497. The molecule has 0 bridgehead atoms. The number of ether oxygens (including phenoxy) is 1. The first-order chi connectivity index (χ1) is 7.20. The van der Waals surface area contributed by atoms with Crippen LogP contribution in [0.1, 0.15) is 17.9 Å². The molecule has 0 aliphatic carbocycles. The number of carbonyl (C=O) groups excluding carboxylic acids is 1. The zero-order valence-corrected chi connectivity index (χ0v) is 8.02. The summed E-state index contributed by atoms with van der Waals surface area (Å²) in [6.45, 7) is -0.201. The summed E-state index contributed by atoms with van der Waals surface area (Å²) in [6, 6.07) is 5.91. The Kier molecular flexibility index (Phi) is 2.68. The lowest BCUT2D eigenvalue weighted by atomic mass is 9.93. The first-order valence-corrected chi connectivity index (χ1v) is 4.76. The van der Waals surface area contributed by atoms with E-state index >= 15 is 0 Å². The minimum absolute atomic E-state index is 0.164. The fraction of sp³-hybridized carbons (Fsp3) is 0.364. The monoisotopic (exact) mass is 210 g/mol. The molecule has 1 aromatic carbocycles. The average Bonchev–Trinajstić information content (AvgIpc) is 2.61. The molecule has 0 saturated carbocycles. The van der Waals surface area contributed by atoms with E-state index in [2.05, 4.69) is 0 Å². The molecule has 80 valence electrons. The highest BCUT2D eigenvalue weighted by Crippen LogP contribution is 2.31. The Labute approximate surface area is 86.5 Å². The van der Waals surface area contributed by atoms with Crippen molar-refractivity contribution >= 4 is 5.97 Å². The summed E-state index contributed by atoms with van der Waals surface area (Å²) in [6.07, 6.45) is -0.250. The Balaban J connectivity index is 2.22. The van der Waals surface area contributed by atoms with Gasteiger partial charge in [0.1, 0.15) is 11.9 Å². The Morgan fingerprint density at radius 2 is 2.07 bits per heavy atom. The van der Waals surface area contributed by atoms with Gasteiger partial charge in [0.05, 0.1) is 13.0 Å². The van der Waals surface area contributed by atoms with Crippen molar-refractivity contribution in [3.05, 3.63) is 35.6 Å². The number of esters is 1. The van der Waals surface area contributed by atoms with Crippen LogP contribution < -0.4 is 0 Å². The van der Waals surface area contributed by atoms with Gasteiger partial charge in [-0.3, -0.25) is 4.79 Å². The fourth-order valence-electron chi connectivity index (χ4n) is 1.82. The molecule has 2 rings (SSSR count). The van der Waals surface area contributed by atoms with Crippen molar-refractivity contribution in [2.24, 2.45) is 0 Å². The molecule has 1 saturated heterocycles. The lowest BCUT2D eigenvalue weighted by Gasteiger charge is -2.14. The van der Waals surface area contributed by atoms with E-state index in [1.807, 2.05) is 0 Å². The molecule has 1 aromatic rings. The van der Waals surface area contributed by atoms with Crippen molar-refractivity contribution in [1.29, 1.82) is 0 Å². The largest absolute Gasteiger partial charge is 0.459 e. The van der Waals surface area contributed by atoms with Gasteiger partial charge in [-0.05, 0) is 17.7 Å². The Hall–Kier alpha value is -1.42. The molecule has 1 heterocycles. The molecule has 0 aromatic heterocycles.